The summed E-state index contributed by atoms with van der Waals surface area (Å²) in [6.07, 6.45) is 0.885. The zero-order chi connectivity index (χ0) is 9.10. The second kappa shape index (κ2) is 4.07. The zero-order valence-corrected chi connectivity index (χ0v) is 7.70. The van der Waals surface area contributed by atoms with Gasteiger partial charge in [-0.1, -0.05) is 0 Å². The maximum absolute atomic E-state index is 11.8. The Balaban J connectivity index is 1.87. The summed E-state index contributed by atoms with van der Waals surface area (Å²) in [5.41, 5.74) is 0. The molecule has 4 nitrogen and oxygen atoms in total. The van der Waals surface area contributed by atoms with Crippen LogP contribution in [0.2, 0.25) is 0 Å². The fraction of sp³-hybridized carbons (Fsp3) is 0.889. The lowest BCUT2D eigenvalue weighted by Gasteiger charge is -2.28. The minimum Gasteiger partial charge on any atom is -0.381 e. The van der Waals surface area contributed by atoms with Crippen LogP contribution in [0.3, 0.4) is 0 Å². The highest BCUT2D eigenvalue weighted by Crippen LogP contribution is 2.16. The van der Waals surface area contributed by atoms with E-state index in [1.54, 1.807) is 0 Å². The Morgan fingerprint density at radius 1 is 1.15 bits per heavy atom. The Bertz CT molecular complexity index is 183. The van der Waals surface area contributed by atoms with E-state index in [1.165, 1.54) is 0 Å². The van der Waals surface area contributed by atoms with Crippen LogP contribution in [0, 0.1) is 5.92 Å². The van der Waals surface area contributed by atoms with Crippen LogP contribution >= 0.6 is 0 Å². The lowest BCUT2D eigenvalue weighted by molar-refractivity contribution is -0.139. The smallest absolute Gasteiger partial charge is 0.228 e. The first-order valence-electron chi connectivity index (χ1n) is 4.82. The van der Waals surface area contributed by atoms with Crippen LogP contribution in [-0.4, -0.2) is 50.3 Å². The molecule has 2 heterocycles. The largest absolute Gasteiger partial charge is 0.381 e. The van der Waals surface area contributed by atoms with Gasteiger partial charge in [0.1, 0.15) is 0 Å². The van der Waals surface area contributed by atoms with Crippen molar-refractivity contribution >= 4 is 5.91 Å². The van der Waals surface area contributed by atoms with Gasteiger partial charge in [-0.3, -0.25) is 4.79 Å². The van der Waals surface area contributed by atoms with E-state index < -0.39 is 0 Å². The van der Waals surface area contributed by atoms with E-state index in [9.17, 15) is 4.79 Å². The molecular formula is C9H15NO3. The third-order valence-corrected chi connectivity index (χ3v) is 2.60. The van der Waals surface area contributed by atoms with Crippen LogP contribution in [0.15, 0.2) is 0 Å². The Hall–Kier alpha value is -0.610. The quantitative estimate of drug-likeness (QED) is 0.571. The van der Waals surface area contributed by atoms with Crippen LogP contribution in [0.4, 0.5) is 0 Å². The average Bonchev–Trinajstić information content (AvgIpc) is 2.71. The Labute approximate surface area is 77.8 Å². The number of rotatable bonds is 1. The molecule has 1 amide bonds. The second-order valence-electron chi connectivity index (χ2n) is 3.50. The molecule has 0 bridgehead atoms. The van der Waals surface area contributed by atoms with E-state index in [2.05, 4.69) is 0 Å². The number of hydrogen-bond donors (Lipinski definition) is 0. The highest BCUT2D eigenvalue weighted by atomic mass is 16.5. The minimum atomic E-state index is 0.109. The first kappa shape index (κ1) is 8.97. The number of carbonyl (C=O) groups is 1. The third kappa shape index (κ3) is 2.00. The monoisotopic (exact) mass is 185 g/mol. The summed E-state index contributed by atoms with van der Waals surface area (Å²) in [6.45, 7) is 4.19. The van der Waals surface area contributed by atoms with Crippen molar-refractivity contribution in [1.29, 1.82) is 0 Å². The van der Waals surface area contributed by atoms with Crippen LogP contribution in [0.5, 0.6) is 0 Å². The molecule has 2 aliphatic rings. The number of morpholine rings is 1. The van der Waals surface area contributed by atoms with Crippen molar-refractivity contribution < 1.29 is 14.3 Å². The first-order chi connectivity index (χ1) is 6.38. The molecule has 0 aromatic heterocycles. The van der Waals surface area contributed by atoms with Crippen molar-refractivity contribution in [3.63, 3.8) is 0 Å². The van der Waals surface area contributed by atoms with E-state index in [1.807, 2.05) is 4.90 Å². The molecule has 0 radical (unpaired) electrons. The van der Waals surface area contributed by atoms with Gasteiger partial charge in [-0.2, -0.15) is 0 Å². The molecule has 0 saturated carbocycles. The Kier molecular flexibility index (Phi) is 2.80. The van der Waals surface area contributed by atoms with E-state index in [4.69, 9.17) is 9.47 Å². The van der Waals surface area contributed by atoms with Gasteiger partial charge in [-0.25, -0.2) is 0 Å². The molecule has 2 fully saturated rings. The molecule has 2 aliphatic heterocycles. The summed E-state index contributed by atoms with van der Waals surface area (Å²) < 4.78 is 10.4. The summed E-state index contributed by atoms with van der Waals surface area (Å²) in [7, 11) is 0. The molecule has 74 valence electrons. The fourth-order valence-corrected chi connectivity index (χ4v) is 1.77. The molecule has 0 spiro atoms. The van der Waals surface area contributed by atoms with Crippen molar-refractivity contribution in [1.82, 2.24) is 4.90 Å². The number of hydrogen-bond acceptors (Lipinski definition) is 3. The summed E-state index contributed by atoms with van der Waals surface area (Å²) in [6, 6.07) is 0. The summed E-state index contributed by atoms with van der Waals surface area (Å²) >= 11 is 0. The van der Waals surface area contributed by atoms with E-state index in [0.29, 0.717) is 19.8 Å². The van der Waals surface area contributed by atoms with Gasteiger partial charge in [0.05, 0.1) is 25.7 Å². The van der Waals surface area contributed by atoms with Gasteiger partial charge in [0.15, 0.2) is 0 Å². The molecule has 2 saturated heterocycles. The summed E-state index contributed by atoms with van der Waals surface area (Å²) in [5, 5.41) is 0. The van der Waals surface area contributed by atoms with Crippen LogP contribution in [0.25, 0.3) is 0 Å². The summed E-state index contributed by atoms with van der Waals surface area (Å²) in [5.74, 6) is 0.360. The molecule has 1 atom stereocenters. The zero-order valence-electron chi connectivity index (χ0n) is 7.70. The highest BCUT2D eigenvalue weighted by molar-refractivity contribution is 5.79. The topological polar surface area (TPSA) is 38.8 Å². The van der Waals surface area contributed by atoms with E-state index in [-0.39, 0.29) is 11.8 Å². The summed E-state index contributed by atoms with van der Waals surface area (Å²) in [4.78, 5) is 13.7. The average molecular weight is 185 g/mol. The van der Waals surface area contributed by atoms with Crippen molar-refractivity contribution in [3.05, 3.63) is 0 Å². The number of nitrogens with zero attached hydrogens (tertiary/aromatic N) is 1. The van der Waals surface area contributed by atoms with Crippen LogP contribution < -0.4 is 0 Å². The molecule has 4 heteroatoms. The fourth-order valence-electron chi connectivity index (χ4n) is 1.77. The van der Waals surface area contributed by atoms with Crippen LogP contribution in [0.1, 0.15) is 6.42 Å². The lowest BCUT2D eigenvalue weighted by atomic mass is 10.1. The number of carbonyl (C=O) groups excluding carboxylic acids is 1. The third-order valence-electron chi connectivity index (χ3n) is 2.60. The molecular weight excluding hydrogens is 170 g/mol. The normalized spacial score (nSPS) is 29.2. The number of amides is 1. The van der Waals surface area contributed by atoms with Gasteiger partial charge in [0.25, 0.3) is 0 Å². The lowest BCUT2D eigenvalue weighted by Crippen LogP contribution is -2.43. The predicted molar refractivity (Wildman–Crippen MR) is 46.3 cm³/mol. The van der Waals surface area contributed by atoms with Crippen molar-refractivity contribution in [3.8, 4) is 0 Å². The maximum atomic E-state index is 11.8. The predicted octanol–water partition coefficient (Wildman–Crippen LogP) is -0.118. The highest BCUT2D eigenvalue weighted by Gasteiger charge is 2.28. The molecule has 2 rings (SSSR count). The number of ether oxygens (including phenoxy) is 2. The second-order valence-corrected chi connectivity index (χ2v) is 3.50. The van der Waals surface area contributed by atoms with Gasteiger partial charge in [-0.05, 0) is 6.42 Å². The van der Waals surface area contributed by atoms with E-state index in [0.717, 1.165) is 26.1 Å². The molecule has 0 aliphatic carbocycles. The molecule has 0 N–H and O–H groups in total. The van der Waals surface area contributed by atoms with Crippen molar-refractivity contribution in [2.24, 2.45) is 5.92 Å². The minimum absolute atomic E-state index is 0.109. The van der Waals surface area contributed by atoms with Crippen molar-refractivity contribution in [2.45, 2.75) is 6.42 Å². The van der Waals surface area contributed by atoms with E-state index >= 15 is 0 Å². The molecule has 0 aromatic carbocycles. The molecule has 0 aromatic rings. The van der Waals surface area contributed by atoms with Gasteiger partial charge < -0.3 is 14.4 Å². The SMILES string of the molecule is O=C(C1CCOC1)N1CCOCC1. The van der Waals surface area contributed by atoms with Gasteiger partial charge >= 0.3 is 0 Å². The molecule has 13 heavy (non-hydrogen) atoms. The van der Waals surface area contributed by atoms with Crippen LogP contribution in [-0.2, 0) is 14.3 Å². The Morgan fingerprint density at radius 3 is 2.54 bits per heavy atom. The standard InChI is InChI=1S/C9H15NO3/c11-9(8-1-4-13-7-8)10-2-5-12-6-3-10/h8H,1-7H2. The van der Waals surface area contributed by atoms with Gasteiger partial charge in [-0.15, -0.1) is 0 Å². The van der Waals surface area contributed by atoms with Gasteiger partial charge in [0, 0.05) is 19.7 Å². The first-order valence-corrected chi connectivity index (χ1v) is 4.82. The van der Waals surface area contributed by atoms with Crippen molar-refractivity contribution in [2.75, 3.05) is 39.5 Å². The Morgan fingerprint density at radius 2 is 1.92 bits per heavy atom. The van der Waals surface area contributed by atoms with Gasteiger partial charge in [0.2, 0.25) is 5.91 Å². The molecule has 1 unspecified atom stereocenters. The maximum Gasteiger partial charge on any atom is 0.228 e.